The van der Waals surface area contributed by atoms with Gasteiger partial charge in [0.25, 0.3) is 0 Å². The maximum absolute atomic E-state index is 11.9. The summed E-state index contributed by atoms with van der Waals surface area (Å²) in [5, 5.41) is 2.57. The van der Waals surface area contributed by atoms with Gasteiger partial charge in [-0.15, -0.1) is 0 Å². The Bertz CT molecular complexity index is 344. The Morgan fingerprint density at radius 1 is 1.35 bits per heavy atom. The van der Waals surface area contributed by atoms with Crippen molar-refractivity contribution >= 4 is 5.82 Å². The molecule has 0 fully saturated rings. The first kappa shape index (κ1) is 13.5. The highest BCUT2D eigenvalue weighted by molar-refractivity contribution is 5.36. The van der Waals surface area contributed by atoms with Gasteiger partial charge in [0.15, 0.2) is 0 Å². The van der Waals surface area contributed by atoms with Gasteiger partial charge in [-0.3, -0.25) is 0 Å². The number of ether oxygens (including phenoxy) is 1. The molecule has 4 nitrogen and oxygen atoms in total. The Labute approximate surface area is 97.2 Å². The molecule has 0 saturated carbocycles. The molecule has 0 aliphatic rings. The van der Waals surface area contributed by atoms with E-state index >= 15 is 0 Å². The minimum absolute atomic E-state index is 0.215. The predicted octanol–water partition coefficient (Wildman–Crippen LogP) is 2.63. The molecule has 7 heteroatoms. The first-order valence-corrected chi connectivity index (χ1v) is 5.26. The maximum Gasteiger partial charge on any atom is 0.390 e. The van der Waals surface area contributed by atoms with Crippen molar-refractivity contribution < 1.29 is 17.9 Å². The number of halogens is 3. The third-order valence-electron chi connectivity index (χ3n) is 1.81. The summed E-state index contributed by atoms with van der Waals surface area (Å²) in [6.45, 7) is 2.25. The second-order valence-electron chi connectivity index (χ2n) is 3.38. The molecule has 0 amide bonds. The molecule has 17 heavy (non-hydrogen) atoms. The number of hydrogen-bond acceptors (Lipinski definition) is 4. The highest BCUT2D eigenvalue weighted by Gasteiger charge is 2.26. The molecule has 0 atom stereocenters. The van der Waals surface area contributed by atoms with Gasteiger partial charge in [0.2, 0.25) is 5.88 Å². The van der Waals surface area contributed by atoms with E-state index in [9.17, 15) is 13.2 Å². The number of nitrogens with zero attached hydrogens (tertiary/aromatic N) is 2. The fraction of sp³-hybridized carbons (Fsp3) is 0.600. The molecule has 0 aliphatic heterocycles. The lowest BCUT2D eigenvalue weighted by Crippen LogP contribution is -2.15. The van der Waals surface area contributed by atoms with E-state index in [0.29, 0.717) is 18.3 Å². The van der Waals surface area contributed by atoms with Crippen LogP contribution in [0.3, 0.4) is 0 Å². The molecule has 1 aromatic heterocycles. The first-order chi connectivity index (χ1) is 8.01. The number of alkyl halides is 3. The Hall–Kier alpha value is -1.53. The fourth-order valence-electron chi connectivity index (χ4n) is 1.05. The van der Waals surface area contributed by atoms with Crippen LogP contribution in [0.1, 0.15) is 19.8 Å². The molecule has 0 saturated heterocycles. The third-order valence-corrected chi connectivity index (χ3v) is 1.81. The van der Waals surface area contributed by atoms with Gasteiger partial charge in [-0.1, -0.05) is 6.92 Å². The van der Waals surface area contributed by atoms with Gasteiger partial charge < -0.3 is 10.1 Å². The lowest BCUT2D eigenvalue weighted by Gasteiger charge is -2.09. The van der Waals surface area contributed by atoms with Crippen molar-refractivity contribution in [2.75, 3.05) is 18.5 Å². The highest BCUT2D eigenvalue weighted by atomic mass is 19.4. The smallest absolute Gasteiger partial charge is 0.390 e. The van der Waals surface area contributed by atoms with Crippen molar-refractivity contribution in [1.82, 2.24) is 9.97 Å². The zero-order valence-electron chi connectivity index (χ0n) is 9.42. The van der Waals surface area contributed by atoms with Crippen LogP contribution in [0.25, 0.3) is 0 Å². The lowest BCUT2D eigenvalue weighted by molar-refractivity contribution is -0.131. The summed E-state index contributed by atoms with van der Waals surface area (Å²) < 4.78 is 41.0. The third kappa shape index (κ3) is 5.94. The molecule has 1 rings (SSSR count). The van der Waals surface area contributed by atoms with Crippen molar-refractivity contribution in [3.8, 4) is 5.88 Å². The van der Waals surface area contributed by atoms with Crippen LogP contribution in [-0.4, -0.2) is 29.3 Å². The summed E-state index contributed by atoms with van der Waals surface area (Å²) in [6, 6.07) is 1.48. The Morgan fingerprint density at radius 3 is 2.76 bits per heavy atom. The number of aromatic nitrogens is 2. The van der Waals surface area contributed by atoms with Gasteiger partial charge in [0, 0.05) is 12.6 Å². The minimum Gasteiger partial charge on any atom is -0.478 e. The van der Waals surface area contributed by atoms with Crippen LogP contribution in [0.15, 0.2) is 12.4 Å². The predicted molar refractivity (Wildman–Crippen MR) is 57.0 cm³/mol. The molecule has 1 aromatic rings. The molecule has 0 radical (unpaired) electrons. The Kier molecular flexibility index (Phi) is 4.99. The largest absolute Gasteiger partial charge is 0.478 e. The summed E-state index contributed by atoms with van der Waals surface area (Å²) in [5.74, 6) is 0.687. The van der Waals surface area contributed by atoms with Crippen LogP contribution in [0, 0.1) is 0 Å². The summed E-state index contributed by atoms with van der Waals surface area (Å²) in [6.07, 6.45) is -2.98. The maximum atomic E-state index is 11.9. The highest BCUT2D eigenvalue weighted by Crippen LogP contribution is 2.19. The van der Waals surface area contributed by atoms with Crippen LogP contribution in [0.4, 0.5) is 19.0 Å². The van der Waals surface area contributed by atoms with Gasteiger partial charge in [0.05, 0.1) is 13.0 Å². The summed E-state index contributed by atoms with van der Waals surface area (Å²) in [5.41, 5.74) is 0. The molecule has 96 valence electrons. The number of rotatable bonds is 6. The zero-order valence-corrected chi connectivity index (χ0v) is 9.42. The van der Waals surface area contributed by atoms with E-state index in [4.69, 9.17) is 4.74 Å². The minimum atomic E-state index is -4.17. The van der Waals surface area contributed by atoms with E-state index in [2.05, 4.69) is 15.3 Å². The second kappa shape index (κ2) is 6.27. The normalized spacial score (nSPS) is 11.3. The Balaban J connectivity index is 2.43. The number of hydrogen-bond donors (Lipinski definition) is 1. The zero-order chi connectivity index (χ0) is 12.7. The molecule has 0 bridgehead atoms. The molecule has 0 spiro atoms. The van der Waals surface area contributed by atoms with Gasteiger partial charge in [-0.05, 0) is 6.42 Å². The van der Waals surface area contributed by atoms with E-state index in [0.717, 1.165) is 6.42 Å². The molecular formula is C10H14F3N3O. The summed E-state index contributed by atoms with van der Waals surface area (Å²) in [7, 11) is 0. The van der Waals surface area contributed by atoms with Crippen LogP contribution >= 0.6 is 0 Å². The molecule has 1 heterocycles. The monoisotopic (exact) mass is 249 g/mol. The van der Waals surface area contributed by atoms with Crippen molar-refractivity contribution in [2.45, 2.75) is 25.9 Å². The average molecular weight is 249 g/mol. The number of nitrogens with one attached hydrogen (secondary N) is 1. The standard InChI is InChI=1S/C10H14F3N3O/c1-2-5-17-9-6-8(15-7-16-9)14-4-3-10(11,12)13/h6-7H,2-5H2,1H3,(H,14,15,16). The van der Waals surface area contributed by atoms with E-state index in [1.165, 1.54) is 12.4 Å². The summed E-state index contributed by atoms with van der Waals surface area (Å²) in [4.78, 5) is 7.64. The van der Waals surface area contributed by atoms with Crippen LogP contribution in [-0.2, 0) is 0 Å². The SMILES string of the molecule is CCCOc1cc(NCCC(F)(F)F)ncn1. The van der Waals surface area contributed by atoms with E-state index in [1.807, 2.05) is 6.92 Å². The van der Waals surface area contributed by atoms with Crippen molar-refractivity contribution in [2.24, 2.45) is 0 Å². The van der Waals surface area contributed by atoms with Crippen LogP contribution in [0.5, 0.6) is 5.88 Å². The summed E-state index contributed by atoms with van der Waals surface area (Å²) >= 11 is 0. The molecule has 0 aromatic carbocycles. The van der Waals surface area contributed by atoms with Gasteiger partial charge in [-0.25, -0.2) is 9.97 Å². The fourth-order valence-corrected chi connectivity index (χ4v) is 1.05. The number of anilines is 1. The van der Waals surface area contributed by atoms with E-state index in [-0.39, 0.29) is 6.54 Å². The van der Waals surface area contributed by atoms with Crippen molar-refractivity contribution in [1.29, 1.82) is 0 Å². The molecular weight excluding hydrogens is 235 g/mol. The van der Waals surface area contributed by atoms with Gasteiger partial charge in [0.1, 0.15) is 12.1 Å². The molecule has 1 N–H and O–H groups in total. The molecule has 0 unspecified atom stereocenters. The van der Waals surface area contributed by atoms with Gasteiger partial charge in [-0.2, -0.15) is 13.2 Å². The van der Waals surface area contributed by atoms with Crippen molar-refractivity contribution in [3.05, 3.63) is 12.4 Å². The van der Waals surface area contributed by atoms with E-state index < -0.39 is 12.6 Å². The first-order valence-electron chi connectivity index (χ1n) is 5.26. The molecule has 0 aliphatic carbocycles. The Morgan fingerprint density at radius 2 is 2.12 bits per heavy atom. The quantitative estimate of drug-likeness (QED) is 0.841. The van der Waals surface area contributed by atoms with Crippen LogP contribution < -0.4 is 10.1 Å². The van der Waals surface area contributed by atoms with Crippen LogP contribution in [0.2, 0.25) is 0 Å². The lowest BCUT2D eigenvalue weighted by atomic mass is 10.4. The van der Waals surface area contributed by atoms with E-state index in [1.54, 1.807) is 0 Å². The topological polar surface area (TPSA) is 47.0 Å². The average Bonchev–Trinajstić information content (AvgIpc) is 2.25. The van der Waals surface area contributed by atoms with Crippen molar-refractivity contribution in [3.63, 3.8) is 0 Å². The van der Waals surface area contributed by atoms with Gasteiger partial charge >= 0.3 is 6.18 Å². The second-order valence-corrected chi connectivity index (χ2v) is 3.38.